The summed E-state index contributed by atoms with van der Waals surface area (Å²) in [7, 11) is 0. The third kappa shape index (κ3) is 4.50. The fourth-order valence-electron chi connectivity index (χ4n) is 4.15. The lowest BCUT2D eigenvalue weighted by Gasteiger charge is -2.39. The largest absolute Gasteiger partial charge is 0.417 e. The van der Waals surface area contributed by atoms with Crippen LogP contribution >= 0.6 is 11.6 Å². The van der Waals surface area contributed by atoms with Crippen LogP contribution in [0.3, 0.4) is 0 Å². The number of carbonyl (C=O) groups excluding carboxylic acids is 2. The molecular formula is C20H24ClF3N4O2. The normalized spacial score (nSPS) is 21.1. The van der Waals surface area contributed by atoms with Crippen LogP contribution in [0.5, 0.6) is 0 Å². The number of halogens is 4. The first-order valence-electron chi connectivity index (χ1n) is 10.3. The summed E-state index contributed by atoms with van der Waals surface area (Å²) in [6.07, 6.45) is -0.538. The Kier molecular flexibility index (Phi) is 5.83. The second kappa shape index (κ2) is 8.24. The average molecular weight is 445 g/mol. The highest BCUT2D eigenvalue weighted by Crippen LogP contribution is 2.35. The van der Waals surface area contributed by atoms with Crippen molar-refractivity contribution in [1.82, 2.24) is 14.8 Å². The van der Waals surface area contributed by atoms with Crippen LogP contribution in [0.4, 0.5) is 19.0 Å². The van der Waals surface area contributed by atoms with Gasteiger partial charge in [0.1, 0.15) is 5.82 Å². The lowest BCUT2D eigenvalue weighted by Crippen LogP contribution is -2.53. The molecule has 3 aliphatic rings. The number of hydrogen-bond acceptors (Lipinski definition) is 4. The number of pyridine rings is 1. The number of alkyl halides is 3. The molecule has 2 amide bonds. The maximum Gasteiger partial charge on any atom is 0.417 e. The molecule has 6 nitrogen and oxygen atoms in total. The van der Waals surface area contributed by atoms with Crippen LogP contribution in [0.25, 0.3) is 0 Å². The summed E-state index contributed by atoms with van der Waals surface area (Å²) in [5.41, 5.74) is -0.874. The van der Waals surface area contributed by atoms with E-state index in [4.69, 9.17) is 11.6 Å². The van der Waals surface area contributed by atoms with Gasteiger partial charge in [0.2, 0.25) is 11.8 Å². The number of amides is 2. The maximum absolute atomic E-state index is 12.9. The number of carbonyl (C=O) groups is 2. The van der Waals surface area contributed by atoms with E-state index in [9.17, 15) is 22.8 Å². The van der Waals surface area contributed by atoms with Gasteiger partial charge in [0.25, 0.3) is 0 Å². The zero-order chi connectivity index (χ0) is 21.5. The molecule has 10 heteroatoms. The van der Waals surface area contributed by atoms with Gasteiger partial charge < -0.3 is 14.7 Å². The second-order valence-electron chi connectivity index (χ2n) is 8.21. The van der Waals surface area contributed by atoms with Crippen molar-refractivity contribution in [2.24, 2.45) is 11.8 Å². The molecule has 164 valence electrons. The Balaban J connectivity index is 1.29. The fourth-order valence-corrected chi connectivity index (χ4v) is 4.44. The van der Waals surface area contributed by atoms with Crippen molar-refractivity contribution in [3.05, 3.63) is 22.8 Å². The number of hydrogen-bond donors (Lipinski definition) is 0. The molecule has 0 aromatic carbocycles. The lowest BCUT2D eigenvalue weighted by molar-refractivity contribution is -0.143. The molecule has 1 aromatic rings. The van der Waals surface area contributed by atoms with Crippen molar-refractivity contribution in [3.8, 4) is 0 Å². The minimum atomic E-state index is -4.48. The Labute approximate surface area is 178 Å². The van der Waals surface area contributed by atoms with Crippen molar-refractivity contribution in [2.45, 2.75) is 31.9 Å². The van der Waals surface area contributed by atoms with Crippen molar-refractivity contribution in [1.29, 1.82) is 0 Å². The van der Waals surface area contributed by atoms with E-state index in [0.29, 0.717) is 57.9 Å². The monoisotopic (exact) mass is 444 g/mol. The summed E-state index contributed by atoms with van der Waals surface area (Å²) in [5.74, 6) is 0.709. The van der Waals surface area contributed by atoms with Gasteiger partial charge in [-0.25, -0.2) is 4.98 Å². The van der Waals surface area contributed by atoms with E-state index in [1.807, 2.05) is 14.7 Å². The molecule has 0 bridgehead atoms. The standard InChI is InChI=1S/C20H24ClF3N4O2/c21-16-11-15(20(22,23)24)12-25-17(16)26-5-3-14(4-6-26)19(30)28-9-7-27(8-10-28)18(29)13-1-2-13/h11-14H,1-10H2. The highest BCUT2D eigenvalue weighted by atomic mass is 35.5. The van der Waals surface area contributed by atoms with Gasteiger partial charge in [-0.15, -0.1) is 0 Å². The van der Waals surface area contributed by atoms with Crippen LogP contribution in [-0.2, 0) is 15.8 Å². The maximum atomic E-state index is 12.9. The van der Waals surface area contributed by atoms with Crippen LogP contribution in [0.15, 0.2) is 12.3 Å². The van der Waals surface area contributed by atoms with Crippen LogP contribution in [0.2, 0.25) is 5.02 Å². The Morgan fingerprint density at radius 3 is 1.83 bits per heavy atom. The summed E-state index contributed by atoms with van der Waals surface area (Å²) in [6, 6.07) is 0.892. The number of nitrogens with zero attached hydrogens (tertiary/aromatic N) is 4. The summed E-state index contributed by atoms with van der Waals surface area (Å²) >= 11 is 6.04. The van der Waals surface area contributed by atoms with Gasteiger partial charge in [0.15, 0.2) is 0 Å². The van der Waals surface area contributed by atoms with Crippen molar-refractivity contribution >= 4 is 29.2 Å². The van der Waals surface area contributed by atoms with E-state index in [-0.39, 0.29) is 28.7 Å². The molecular weight excluding hydrogens is 421 g/mol. The molecule has 0 atom stereocenters. The van der Waals surface area contributed by atoms with Gasteiger partial charge in [-0.3, -0.25) is 9.59 Å². The summed E-state index contributed by atoms with van der Waals surface area (Å²) in [4.78, 5) is 34.5. The van der Waals surface area contributed by atoms with Gasteiger partial charge >= 0.3 is 6.18 Å². The number of rotatable bonds is 3. The molecule has 4 rings (SSSR count). The third-order valence-electron chi connectivity index (χ3n) is 6.12. The fraction of sp³-hybridized carbons (Fsp3) is 0.650. The molecule has 1 aliphatic carbocycles. The van der Waals surface area contributed by atoms with Gasteiger partial charge in [-0.05, 0) is 31.7 Å². The predicted molar refractivity (Wildman–Crippen MR) is 105 cm³/mol. The topological polar surface area (TPSA) is 56.8 Å². The Morgan fingerprint density at radius 1 is 0.900 bits per heavy atom. The van der Waals surface area contributed by atoms with Crippen LogP contribution in [-0.4, -0.2) is 65.9 Å². The number of piperidine rings is 1. The van der Waals surface area contributed by atoms with Gasteiger partial charge in [0.05, 0.1) is 10.6 Å². The second-order valence-corrected chi connectivity index (χ2v) is 8.62. The molecule has 3 fully saturated rings. The van der Waals surface area contributed by atoms with Crippen molar-refractivity contribution in [3.63, 3.8) is 0 Å². The molecule has 0 radical (unpaired) electrons. The molecule has 3 heterocycles. The molecule has 0 N–H and O–H groups in total. The molecule has 30 heavy (non-hydrogen) atoms. The van der Waals surface area contributed by atoms with Crippen molar-refractivity contribution < 1.29 is 22.8 Å². The third-order valence-corrected chi connectivity index (χ3v) is 6.40. The van der Waals surface area contributed by atoms with E-state index < -0.39 is 11.7 Å². The summed E-state index contributed by atoms with van der Waals surface area (Å²) in [6.45, 7) is 3.31. The Morgan fingerprint density at radius 2 is 1.40 bits per heavy atom. The number of aromatic nitrogens is 1. The van der Waals surface area contributed by atoms with Crippen LogP contribution in [0.1, 0.15) is 31.2 Å². The predicted octanol–water partition coefficient (Wildman–Crippen LogP) is 3.05. The number of anilines is 1. The minimum Gasteiger partial charge on any atom is -0.355 e. The van der Waals surface area contributed by atoms with Crippen LogP contribution in [0, 0.1) is 11.8 Å². The van der Waals surface area contributed by atoms with E-state index in [0.717, 1.165) is 25.1 Å². The summed E-state index contributed by atoms with van der Waals surface area (Å²) < 4.78 is 38.4. The van der Waals surface area contributed by atoms with Crippen LogP contribution < -0.4 is 4.90 Å². The van der Waals surface area contributed by atoms with E-state index >= 15 is 0 Å². The molecule has 2 aliphatic heterocycles. The molecule has 2 saturated heterocycles. The first-order chi connectivity index (χ1) is 14.2. The zero-order valence-corrected chi connectivity index (χ0v) is 17.3. The van der Waals surface area contributed by atoms with E-state index in [1.54, 1.807) is 0 Å². The minimum absolute atomic E-state index is 0.0361. The Bertz CT molecular complexity index is 815. The zero-order valence-electron chi connectivity index (χ0n) is 16.5. The van der Waals surface area contributed by atoms with Gasteiger partial charge in [-0.2, -0.15) is 13.2 Å². The SMILES string of the molecule is O=C(C1CC1)N1CCN(C(=O)C2CCN(c3ncc(C(F)(F)F)cc3Cl)CC2)CC1. The Hall–Kier alpha value is -2.03. The molecule has 0 unspecified atom stereocenters. The average Bonchev–Trinajstić information content (AvgIpc) is 3.58. The smallest absolute Gasteiger partial charge is 0.355 e. The van der Waals surface area contributed by atoms with Gasteiger partial charge in [0, 0.05) is 57.3 Å². The molecule has 0 spiro atoms. The highest BCUT2D eigenvalue weighted by molar-refractivity contribution is 6.33. The van der Waals surface area contributed by atoms with Gasteiger partial charge in [-0.1, -0.05) is 11.6 Å². The molecule has 1 aromatic heterocycles. The van der Waals surface area contributed by atoms with Crippen molar-refractivity contribution in [2.75, 3.05) is 44.2 Å². The first-order valence-corrected chi connectivity index (χ1v) is 10.7. The number of piperazine rings is 1. The van der Waals surface area contributed by atoms with E-state index in [2.05, 4.69) is 4.98 Å². The quantitative estimate of drug-likeness (QED) is 0.719. The highest BCUT2D eigenvalue weighted by Gasteiger charge is 2.37. The lowest BCUT2D eigenvalue weighted by atomic mass is 9.95. The first kappa shape index (κ1) is 21.2. The van der Waals surface area contributed by atoms with E-state index in [1.165, 1.54) is 0 Å². The molecule has 1 saturated carbocycles. The summed E-state index contributed by atoms with van der Waals surface area (Å²) in [5, 5.41) is -0.0361.